The minimum absolute atomic E-state index is 0.244. The number of nitrogens with one attached hydrogen (secondary N) is 1. The van der Waals surface area contributed by atoms with Crippen molar-refractivity contribution >= 4 is 11.3 Å². The summed E-state index contributed by atoms with van der Waals surface area (Å²) in [6, 6.07) is 0.244. The van der Waals surface area contributed by atoms with Crippen LogP contribution in [0.1, 0.15) is 64.2 Å². The molecule has 1 unspecified atom stereocenters. The van der Waals surface area contributed by atoms with Gasteiger partial charge in [-0.05, 0) is 12.8 Å². The second-order valence-electron chi connectivity index (χ2n) is 4.47. The molecular formula is C11H23NO2S. The summed E-state index contributed by atoms with van der Waals surface area (Å²) in [5.74, 6) is 0. The molecule has 0 aromatic rings. The van der Waals surface area contributed by atoms with Crippen molar-refractivity contribution in [3.05, 3.63) is 0 Å². The van der Waals surface area contributed by atoms with E-state index in [0.29, 0.717) is 0 Å². The first kappa shape index (κ1) is 13.1. The molecule has 0 heterocycles. The number of hydrogen-bond donors (Lipinski definition) is 2. The van der Waals surface area contributed by atoms with Crippen molar-refractivity contribution in [1.82, 2.24) is 4.72 Å². The van der Waals surface area contributed by atoms with E-state index < -0.39 is 11.3 Å². The summed E-state index contributed by atoms with van der Waals surface area (Å²) in [4.78, 5) is 0. The molecule has 0 aromatic carbocycles. The second kappa shape index (κ2) is 8.25. The fraction of sp³-hybridized carbons (Fsp3) is 1.00. The molecule has 1 aliphatic carbocycles. The molecule has 0 saturated heterocycles. The molecule has 0 aliphatic heterocycles. The molecule has 0 spiro atoms. The van der Waals surface area contributed by atoms with Gasteiger partial charge in [0.2, 0.25) is 11.3 Å². The van der Waals surface area contributed by atoms with Crippen LogP contribution in [0.3, 0.4) is 0 Å². The zero-order chi connectivity index (χ0) is 10.9. The van der Waals surface area contributed by atoms with Gasteiger partial charge >= 0.3 is 0 Å². The maximum Gasteiger partial charge on any atom is 0.231 e. The van der Waals surface area contributed by atoms with E-state index in [1.165, 1.54) is 51.4 Å². The average Bonchev–Trinajstić information content (AvgIpc) is 2.23. The lowest BCUT2D eigenvalue weighted by Crippen LogP contribution is -2.30. The predicted molar refractivity (Wildman–Crippen MR) is 63.9 cm³/mol. The molecule has 3 nitrogen and oxygen atoms in total. The summed E-state index contributed by atoms with van der Waals surface area (Å²) in [6.45, 7) is 0. The minimum atomic E-state index is -1.84. The van der Waals surface area contributed by atoms with Crippen LogP contribution in [0.2, 0.25) is 0 Å². The second-order valence-corrected chi connectivity index (χ2v) is 5.20. The Morgan fingerprint density at radius 2 is 1.27 bits per heavy atom. The topological polar surface area (TPSA) is 49.3 Å². The lowest BCUT2D eigenvalue weighted by atomic mass is 10.0. The van der Waals surface area contributed by atoms with Gasteiger partial charge in [0.1, 0.15) is 0 Å². The van der Waals surface area contributed by atoms with Gasteiger partial charge < -0.3 is 0 Å². The van der Waals surface area contributed by atoms with Crippen LogP contribution in [0.25, 0.3) is 0 Å². The number of rotatable bonds is 2. The van der Waals surface area contributed by atoms with Crippen LogP contribution in [0.4, 0.5) is 0 Å². The van der Waals surface area contributed by atoms with Gasteiger partial charge in [0, 0.05) is 6.04 Å². The van der Waals surface area contributed by atoms with Crippen LogP contribution in [0.15, 0.2) is 0 Å². The molecule has 15 heavy (non-hydrogen) atoms. The van der Waals surface area contributed by atoms with E-state index in [1.54, 1.807) is 0 Å². The van der Waals surface area contributed by atoms with Crippen molar-refractivity contribution in [2.75, 3.05) is 0 Å². The summed E-state index contributed by atoms with van der Waals surface area (Å²) in [5.41, 5.74) is 0. The molecule has 1 saturated carbocycles. The molecule has 1 rings (SSSR count). The van der Waals surface area contributed by atoms with E-state index in [4.69, 9.17) is 4.55 Å². The average molecular weight is 233 g/mol. The standard InChI is InChI=1S/C11H23NO2S/c13-15(14)12-11-9-7-5-3-1-2-4-6-8-10-11/h11-12H,1-10H2,(H,13,14). The van der Waals surface area contributed by atoms with Crippen LogP contribution in [-0.2, 0) is 11.3 Å². The lowest BCUT2D eigenvalue weighted by molar-refractivity contribution is 0.459. The Labute approximate surface area is 95.4 Å². The SMILES string of the molecule is O=S(O)NC1CCCCCCCCCC1. The molecule has 90 valence electrons. The summed E-state index contributed by atoms with van der Waals surface area (Å²) in [5, 5.41) is 0. The summed E-state index contributed by atoms with van der Waals surface area (Å²) < 4.78 is 22.2. The van der Waals surface area contributed by atoms with Crippen LogP contribution in [0.5, 0.6) is 0 Å². The van der Waals surface area contributed by atoms with Gasteiger partial charge in [0.15, 0.2) is 0 Å². The smallest absolute Gasteiger partial charge is 0.231 e. The Kier molecular flexibility index (Phi) is 7.22. The van der Waals surface area contributed by atoms with Crippen LogP contribution in [0, 0.1) is 0 Å². The first-order chi connectivity index (χ1) is 7.29. The van der Waals surface area contributed by atoms with Crippen molar-refractivity contribution in [2.45, 2.75) is 70.3 Å². The van der Waals surface area contributed by atoms with Gasteiger partial charge in [-0.2, -0.15) is 0 Å². The first-order valence-electron chi connectivity index (χ1n) is 6.16. The maximum atomic E-state index is 10.7. The molecule has 1 aliphatic rings. The lowest BCUT2D eigenvalue weighted by Gasteiger charge is -2.15. The normalized spacial score (nSPS) is 24.3. The Morgan fingerprint density at radius 1 is 0.867 bits per heavy atom. The molecule has 0 radical (unpaired) electrons. The minimum Gasteiger partial charge on any atom is -0.294 e. The van der Waals surface area contributed by atoms with Gasteiger partial charge in [-0.15, -0.1) is 0 Å². The van der Waals surface area contributed by atoms with E-state index in [9.17, 15) is 4.21 Å². The Balaban J connectivity index is 2.28. The molecule has 0 bridgehead atoms. The first-order valence-corrected chi connectivity index (χ1v) is 7.27. The van der Waals surface area contributed by atoms with Crippen molar-refractivity contribution in [3.63, 3.8) is 0 Å². The number of hydrogen-bond acceptors (Lipinski definition) is 1. The Bertz CT molecular complexity index is 175. The van der Waals surface area contributed by atoms with E-state index >= 15 is 0 Å². The van der Waals surface area contributed by atoms with Crippen molar-refractivity contribution < 1.29 is 8.76 Å². The van der Waals surface area contributed by atoms with Crippen molar-refractivity contribution in [3.8, 4) is 0 Å². The fourth-order valence-corrected chi connectivity index (χ4v) is 2.77. The van der Waals surface area contributed by atoms with Gasteiger partial charge in [-0.1, -0.05) is 51.4 Å². The van der Waals surface area contributed by atoms with Crippen molar-refractivity contribution in [1.29, 1.82) is 0 Å². The highest BCUT2D eigenvalue weighted by Crippen LogP contribution is 2.16. The summed E-state index contributed by atoms with van der Waals surface area (Å²) in [6.07, 6.45) is 12.4. The van der Waals surface area contributed by atoms with Crippen LogP contribution >= 0.6 is 0 Å². The highest BCUT2D eigenvalue weighted by molar-refractivity contribution is 7.77. The predicted octanol–water partition coefficient (Wildman–Crippen LogP) is 3.00. The molecule has 2 N–H and O–H groups in total. The zero-order valence-corrected chi connectivity index (χ0v) is 10.2. The van der Waals surface area contributed by atoms with Gasteiger partial charge in [0.05, 0.1) is 0 Å². The summed E-state index contributed by atoms with van der Waals surface area (Å²) >= 11 is -1.84. The third-order valence-electron chi connectivity index (χ3n) is 3.12. The van der Waals surface area contributed by atoms with E-state index in [0.717, 1.165) is 12.8 Å². The third kappa shape index (κ3) is 7.03. The molecule has 0 amide bonds. The van der Waals surface area contributed by atoms with Gasteiger partial charge in [0.25, 0.3) is 0 Å². The molecule has 1 atom stereocenters. The third-order valence-corrected chi connectivity index (χ3v) is 3.66. The quantitative estimate of drug-likeness (QED) is 0.720. The molecule has 1 fully saturated rings. The van der Waals surface area contributed by atoms with Crippen LogP contribution in [-0.4, -0.2) is 14.8 Å². The Hall–Kier alpha value is 0.0700. The van der Waals surface area contributed by atoms with E-state index in [-0.39, 0.29) is 6.04 Å². The monoisotopic (exact) mass is 233 g/mol. The fourth-order valence-electron chi connectivity index (χ4n) is 2.25. The van der Waals surface area contributed by atoms with Gasteiger partial charge in [-0.25, -0.2) is 8.93 Å². The molecule has 4 heteroatoms. The highest BCUT2D eigenvalue weighted by atomic mass is 32.2. The highest BCUT2D eigenvalue weighted by Gasteiger charge is 2.10. The summed E-state index contributed by atoms with van der Waals surface area (Å²) in [7, 11) is 0. The van der Waals surface area contributed by atoms with Crippen LogP contribution < -0.4 is 4.72 Å². The molecule has 0 aromatic heterocycles. The van der Waals surface area contributed by atoms with E-state index in [1.807, 2.05) is 0 Å². The van der Waals surface area contributed by atoms with Gasteiger partial charge in [-0.3, -0.25) is 4.55 Å². The van der Waals surface area contributed by atoms with Crippen molar-refractivity contribution in [2.24, 2.45) is 0 Å². The zero-order valence-electron chi connectivity index (χ0n) is 9.41. The maximum absolute atomic E-state index is 10.7. The molecular weight excluding hydrogens is 210 g/mol. The Morgan fingerprint density at radius 3 is 1.67 bits per heavy atom. The van der Waals surface area contributed by atoms with E-state index in [2.05, 4.69) is 4.72 Å². The largest absolute Gasteiger partial charge is 0.294 e.